The van der Waals surface area contributed by atoms with Gasteiger partial charge >= 0.3 is 0 Å². The van der Waals surface area contributed by atoms with E-state index in [4.69, 9.17) is 17.3 Å². The van der Waals surface area contributed by atoms with Crippen LogP contribution in [0.1, 0.15) is 10.4 Å². The Labute approximate surface area is 89.4 Å². The van der Waals surface area contributed by atoms with E-state index in [1.54, 1.807) is 0 Å². The van der Waals surface area contributed by atoms with Gasteiger partial charge in [-0.2, -0.15) is 0 Å². The van der Waals surface area contributed by atoms with E-state index >= 15 is 0 Å². The number of nitrogens with two attached hydrogens (primary N) is 1. The monoisotopic (exact) mass is 230 g/mol. The Hall–Kier alpha value is -1.82. The first kappa shape index (κ1) is 11.3. The molecule has 0 aliphatic heterocycles. The van der Waals surface area contributed by atoms with E-state index in [1.807, 2.05) is 0 Å². The molecule has 0 spiro atoms. The zero-order chi connectivity index (χ0) is 11.6. The van der Waals surface area contributed by atoms with Crippen LogP contribution in [0.25, 0.3) is 0 Å². The van der Waals surface area contributed by atoms with Gasteiger partial charge in [-0.25, -0.2) is 0 Å². The maximum Gasteiger partial charge on any atom is 0.272 e. The van der Waals surface area contributed by atoms with E-state index in [9.17, 15) is 20.0 Å². The van der Waals surface area contributed by atoms with Crippen LogP contribution in [-0.2, 0) is 0 Å². The van der Waals surface area contributed by atoms with Gasteiger partial charge in [-0.05, 0) is 0 Å². The molecule has 0 unspecified atom stereocenters. The minimum Gasteiger partial charge on any atom is -0.505 e. The number of nitrogens with zero attached hydrogens (tertiary/aromatic N) is 1. The van der Waals surface area contributed by atoms with Crippen molar-refractivity contribution in [1.82, 2.24) is 0 Å². The molecule has 7 heteroatoms. The second-order valence-corrected chi connectivity index (χ2v) is 3.01. The number of nitro groups is 1. The molecule has 0 saturated heterocycles. The minimum absolute atomic E-state index is 0.224. The maximum atomic E-state index is 11.2. The van der Waals surface area contributed by atoms with Gasteiger partial charge in [-0.15, -0.1) is 11.6 Å². The summed E-state index contributed by atoms with van der Waals surface area (Å²) in [5.74, 6) is -1.48. The summed E-state index contributed by atoms with van der Waals surface area (Å²) in [6.45, 7) is 0. The molecule has 0 atom stereocenters. The number of Topliss-reactive ketones (excluding diaryl/α,β-unsaturated/α-hetero) is 1. The average Bonchev–Trinajstić information content (AvgIpc) is 2.20. The van der Waals surface area contributed by atoms with Crippen LogP contribution in [0.2, 0.25) is 0 Å². The number of nitro benzene ring substituents is 1. The summed E-state index contributed by atoms with van der Waals surface area (Å²) in [6.07, 6.45) is 0. The maximum absolute atomic E-state index is 11.2. The van der Waals surface area contributed by atoms with Crippen molar-refractivity contribution in [2.75, 3.05) is 11.6 Å². The molecule has 0 bridgehead atoms. The summed E-state index contributed by atoms with van der Waals surface area (Å²) in [6, 6.07) is 1.91. The number of halogens is 1. The van der Waals surface area contributed by atoms with Crippen molar-refractivity contribution in [3.8, 4) is 5.75 Å². The fourth-order valence-corrected chi connectivity index (χ4v) is 1.18. The van der Waals surface area contributed by atoms with Gasteiger partial charge in [-0.1, -0.05) is 0 Å². The lowest BCUT2D eigenvalue weighted by molar-refractivity contribution is -0.384. The highest BCUT2D eigenvalue weighted by Gasteiger charge is 2.18. The molecule has 6 nitrogen and oxygen atoms in total. The number of non-ortho nitro benzene ring substituents is 1. The second-order valence-electron chi connectivity index (χ2n) is 2.75. The molecule has 80 valence electrons. The molecule has 0 amide bonds. The van der Waals surface area contributed by atoms with Crippen molar-refractivity contribution in [2.24, 2.45) is 0 Å². The summed E-state index contributed by atoms with van der Waals surface area (Å²) >= 11 is 5.27. The Kier molecular flexibility index (Phi) is 3.11. The van der Waals surface area contributed by atoms with E-state index in [0.29, 0.717) is 0 Å². The number of hydrogen-bond acceptors (Lipinski definition) is 5. The highest BCUT2D eigenvalue weighted by atomic mass is 35.5. The number of aromatic hydroxyl groups is 1. The Morgan fingerprint density at radius 1 is 1.60 bits per heavy atom. The largest absolute Gasteiger partial charge is 0.505 e. The first-order valence-corrected chi connectivity index (χ1v) is 4.37. The molecule has 0 aliphatic rings. The Bertz CT molecular complexity index is 433. The number of hydrogen-bond donors (Lipinski definition) is 2. The molecule has 3 N–H and O–H groups in total. The number of benzene rings is 1. The number of rotatable bonds is 3. The van der Waals surface area contributed by atoms with Gasteiger partial charge in [0, 0.05) is 12.1 Å². The second kappa shape index (κ2) is 4.14. The number of nitrogen functional groups attached to an aromatic ring is 1. The molecule has 0 fully saturated rings. The molecular formula is C8H7ClN2O4. The van der Waals surface area contributed by atoms with Crippen LogP contribution >= 0.6 is 11.6 Å². The van der Waals surface area contributed by atoms with Gasteiger partial charge in [0.15, 0.2) is 5.78 Å². The highest BCUT2D eigenvalue weighted by molar-refractivity contribution is 6.31. The van der Waals surface area contributed by atoms with Crippen LogP contribution in [-0.4, -0.2) is 21.7 Å². The van der Waals surface area contributed by atoms with Crippen molar-refractivity contribution >= 4 is 28.8 Å². The van der Waals surface area contributed by atoms with Gasteiger partial charge in [0.25, 0.3) is 5.69 Å². The van der Waals surface area contributed by atoms with Crippen molar-refractivity contribution in [3.05, 3.63) is 27.8 Å². The molecule has 1 rings (SSSR count). The normalized spacial score (nSPS) is 9.93. The topological polar surface area (TPSA) is 106 Å². The van der Waals surface area contributed by atoms with E-state index in [0.717, 1.165) is 12.1 Å². The number of alkyl halides is 1. The third kappa shape index (κ3) is 2.16. The number of ketones is 1. The summed E-state index contributed by atoms with van der Waals surface area (Å²) < 4.78 is 0. The van der Waals surface area contributed by atoms with Crippen LogP contribution in [0, 0.1) is 10.1 Å². The third-order valence-corrected chi connectivity index (χ3v) is 2.00. The van der Waals surface area contributed by atoms with Gasteiger partial charge in [-0.3, -0.25) is 14.9 Å². The van der Waals surface area contributed by atoms with Crippen LogP contribution < -0.4 is 5.73 Å². The third-order valence-electron chi connectivity index (χ3n) is 1.76. The zero-order valence-electron chi connectivity index (χ0n) is 7.44. The predicted octanol–water partition coefficient (Wildman–Crippen LogP) is 1.30. The Morgan fingerprint density at radius 3 is 2.67 bits per heavy atom. The Morgan fingerprint density at radius 2 is 2.20 bits per heavy atom. The molecular weight excluding hydrogens is 224 g/mol. The van der Waals surface area contributed by atoms with E-state index in [2.05, 4.69) is 0 Å². The lowest BCUT2D eigenvalue weighted by Crippen LogP contribution is -2.04. The van der Waals surface area contributed by atoms with Crippen molar-refractivity contribution in [1.29, 1.82) is 0 Å². The molecule has 0 aliphatic carbocycles. The summed E-state index contributed by atoms with van der Waals surface area (Å²) in [5.41, 5.74) is 4.48. The number of carbonyl (C=O) groups excluding carboxylic acids is 1. The standard InChI is InChI=1S/C8H7ClN2O4/c9-3-7(12)5-1-4(11(14)15)2-6(10)8(5)13/h1-2,13H,3,10H2. The molecule has 1 aromatic rings. The van der Waals surface area contributed by atoms with Crippen LogP contribution in [0.3, 0.4) is 0 Å². The summed E-state index contributed by atoms with van der Waals surface area (Å²) in [7, 11) is 0. The molecule has 0 saturated carbocycles. The van der Waals surface area contributed by atoms with Gasteiger partial charge in [0.05, 0.1) is 22.1 Å². The first-order chi connectivity index (χ1) is 6.97. The highest BCUT2D eigenvalue weighted by Crippen LogP contribution is 2.30. The van der Waals surface area contributed by atoms with Crippen LogP contribution in [0.15, 0.2) is 12.1 Å². The molecule has 0 heterocycles. The predicted molar refractivity (Wildman–Crippen MR) is 54.2 cm³/mol. The lowest BCUT2D eigenvalue weighted by Gasteiger charge is -2.04. The quantitative estimate of drug-likeness (QED) is 0.203. The molecule has 15 heavy (non-hydrogen) atoms. The number of phenolic OH excluding ortho intramolecular Hbond substituents is 1. The average molecular weight is 231 g/mol. The van der Waals surface area contributed by atoms with E-state index < -0.39 is 16.5 Å². The SMILES string of the molecule is Nc1cc([N+](=O)[O-])cc(C(=O)CCl)c1O. The van der Waals surface area contributed by atoms with Crippen LogP contribution in [0.4, 0.5) is 11.4 Å². The van der Waals surface area contributed by atoms with Crippen molar-refractivity contribution < 1.29 is 14.8 Å². The van der Waals surface area contributed by atoms with Crippen LogP contribution in [0.5, 0.6) is 5.75 Å². The van der Waals surface area contributed by atoms with E-state index in [1.165, 1.54) is 0 Å². The zero-order valence-corrected chi connectivity index (χ0v) is 8.19. The van der Waals surface area contributed by atoms with Crippen molar-refractivity contribution in [3.63, 3.8) is 0 Å². The smallest absolute Gasteiger partial charge is 0.272 e. The van der Waals surface area contributed by atoms with Gasteiger partial charge in [0.2, 0.25) is 0 Å². The van der Waals surface area contributed by atoms with Gasteiger partial charge in [0.1, 0.15) is 5.75 Å². The first-order valence-electron chi connectivity index (χ1n) is 3.83. The number of anilines is 1. The minimum atomic E-state index is -0.708. The molecule has 0 radical (unpaired) electrons. The number of carbonyl (C=O) groups is 1. The fraction of sp³-hybridized carbons (Fsp3) is 0.125. The van der Waals surface area contributed by atoms with E-state index in [-0.39, 0.29) is 22.8 Å². The summed E-state index contributed by atoms with van der Waals surface area (Å²) in [5, 5.41) is 19.8. The number of phenols is 1. The Balaban J connectivity index is 3.37. The fourth-order valence-electron chi connectivity index (χ4n) is 1.03. The summed E-state index contributed by atoms with van der Waals surface area (Å²) in [4.78, 5) is 20.9. The molecule has 1 aromatic carbocycles. The van der Waals surface area contributed by atoms with Gasteiger partial charge < -0.3 is 10.8 Å². The lowest BCUT2D eigenvalue weighted by atomic mass is 10.1. The molecule has 0 aromatic heterocycles. The van der Waals surface area contributed by atoms with Crippen molar-refractivity contribution in [2.45, 2.75) is 0 Å².